The number of hydrogen-bond acceptors (Lipinski definition) is 7. The Morgan fingerprint density at radius 1 is 1.27 bits per heavy atom. The zero-order chi connectivity index (χ0) is 23.2. The molecule has 1 amide bonds. The Morgan fingerprint density at radius 2 is 2.09 bits per heavy atom. The zero-order valence-corrected chi connectivity index (χ0v) is 20.7. The Labute approximate surface area is 200 Å². The van der Waals surface area contributed by atoms with Crippen molar-refractivity contribution in [2.24, 2.45) is 5.92 Å². The van der Waals surface area contributed by atoms with E-state index in [1.54, 1.807) is 12.0 Å². The second-order valence-corrected chi connectivity index (χ2v) is 10.0. The zero-order valence-electron chi connectivity index (χ0n) is 19.9. The lowest BCUT2D eigenvalue weighted by Crippen LogP contribution is -2.35. The van der Waals surface area contributed by atoms with Gasteiger partial charge in [-0.05, 0) is 49.3 Å². The molecule has 2 aliphatic heterocycles. The quantitative estimate of drug-likeness (QED) is 0.517. The SMILES string of the molecule is COc1cccc(CN(C)C(=O)CSc2nnc(N3CCC(C)CC3)n2CC2CCCO2)c1. The number of aromatic nitrogens is 3. The lowest BCUT2D eigenvalue weighted by Gasteiger charge is -2.31. The fraction of sp³-hybridized carbons (Fsp3) is 0.625. The summed E-state index contributed by atoms with van der Waals surface area (Å²) in [7, 11) is 3.48. The number of nitrogens with zero attached hydrogens (tertiary/aromatic N) is 5. The second kappa shape index (κ2) is 11.2. The maximum atomic E-state index is 12.9. The van der Waals surface area contributed by atoms with Gasteiger partial charge in [-0.3, -0.25) is 9.36 Å². The van der Waals surface area contributed by atoms with E-state index in [0.717, 1.165) is 67.4 Å². The van der Waals surface area contributed by atoms with E-state index in [1.165, 1.54) is 24.6 Å². The molecule has 180 valence electrons. The van der Waals surface area contributed by atoms with Crippen LogP contribution >= 0.6 is 11.8 Å². The van der Waals surface area contributed by atoms with Gasteiger partial charge in [0.05, 0.1) is 25.5 Å². The van der Waals surface area contributed by atoms with E-state index in [2.05, 4.69) is 26.6 Å². The smallest absolute Gasteiger partial charge is 0.233 e. The highest BCUT2D eigenvalue weighted by atomic mass is 32.2. The highest BCUT2D eigenvalue weighted by Gasteiger charge is 2.26. The third kappa shape index (κ3) is 6.20. The highest BCUT2D eigenvalue weighted by Crippen LogP contribution is 2.28. The first-order valence-corrected chi connectivity index (χ1v) is 12.8. The van der Waals surface area contributed by atoms with Gasteiger partial charge in [-0.1, -0.05) is 30.8 Å². The molecular formula is C24H35N5O3S. The maximum Gasteiger partial charge on any atom is 0.233 e. The number of anilines is 1. The molecule has 2 saturated heterocycles. The number of benzene rings is 1. The van der Waals surface area contributed by atoms with Crippen LogP contribution in [0.4, 0.5) is 5.95 Å². The Kier molecular flexibility index (Phi) is 8.14. The lowest BCUT2D eigenvalue weighted by molar-refractivity contribution is -0.127. The van der Waals surface area contributed by atoms with Gasteiger partial charge in [0.2, 0.25) is 11.9 Å². The summed E-state index contributed by atoms with van der Waals surface area (Å²) in [6, 6.07) is 7.81. The first kappa shape index (κ1) is 23.9. The minimum atomic E-state index is 0.0582. The number of ether oxygens (including phenoxy) is 2. The van der Waals surface area contributed by atoms with Crippen LogP contribution in [0.25, 0.3) is 0 Å². The normalized spacial score (nSPS) is 19.1. The maximum absolute atomic E-state index is 12.9. The van der Waals surface area contributed by atoms with Crippen molar-refractivity contribution >= 4 is 23.6 Å². The molecule has 0 N–H and O–H groups in total. The number of amides is 1. The van der Waals surface area contributed by atoms with Crippen molar-refractivity contribution in [3.8, 4) is 5.75 Å². The number of piperidine rings is 1. The van der Waals surface area contributed by atoms with Crippen LogP contribution in [0.15, 0.2) is 29.4 Å². The molecule has 33 heavy (non-hydrogen) atoms. The van der Waals surface area contributed by atoms with Gasteiger partial charge < -0.3 is 19.3 Å². The highest BCUT2D eigenvalue weighted by molar-refractivity contribution is 7.99. The monoisotopic (exact) mass is 473 g/mol. The lowest BCUT2D eigenvalue weighted by atomic mass is 10.00. The van der Waals surface area contributed by atoms with Crippen LogP contribution < -0.4 is 9.64 Å². The van der Waals surface area contributed by atoms with Crippen LogP contribution in [0.2, 0.25) is 0 Å². The Balaban J connectivity index is 1.41. The van der Waals surface area contributed by atoms with Crippen molar-refractivity contribution in [2.45, 2.75) is 57.0 Å². The van der Waals surface area contributed by atoms with Crippen LogP contribution in [0, 0.1) is 5.92 Å². The molecule has 3 heterocycles. The third-order valence-corrected chi connectivity index (χ3v) is 7.43. The molecule has 8 nitrogen and oxygen atoms in total. The summed E-state index contributed by atoms with van der Waals surface area (Å²) in [5, 5.41) is 9.82. The van der Waals surface area contributed by atoms with Gasteiger partial charge in [0.15, 0.2) is 5.16 Å². The summed E-state index contributed by atoms with van der Waals surface area (Å²) in [5.41, 5.74) is 1.04. The van der Waals surface area contributed by atoms with Crippen molar-refractivity contribution in [1.82, 2.24) is 19.7 Å². The summed E-state index contributed by atoms with van der Waals surface area (Å²) >= 11 is 1.46. The molecule has 2 aliphatic rings. The summed E-state index contributed by atoms with van der Waals surface area (Å²) in [6.45, 7) is 6.40. The molecule has 1 atom stereocenters. The summed E-state index contributed by atoms with van der Waals surface area (Å²) in [6.07, 6.45) is 4.68. The van der Waals surface area contributed by atoms with Crippen LogP contribution in [0.5, 0.6) is 5.75 Å². The Bertz CT molecular complexity index is 923. The second-order valence-electron chi connectivity index (χ2n) is 9.09. The topological polar surface area (TPSA) is 72.7 Å². The number of rotatable bonds is 9. The van der Waals surface area contributed by atoms with Gasteiger partial charge in [-0.2, -0.15) is 0 Å². The Morgan fingerprint density at radius 3 is 2.82 bits per heavy atom. The molecule has 0 spiro atoms. The molecule has 1 aromatic carbocycles. The van der Waals surface area contributed by atoms with Crippen molar-refractivity contribution in [3.63, 3.8) is 0 Å². The van der Waals surface area contributed by atoms with Crippen molar-refractivity contribution in [1.29, 1.82) is 0 Å². The molecule has 4 rings (SSSR count). The average molecular weight is 474 g/mol. The summed E-state index contributed by atoms with van der Waals surface area (Å²) in [5.74, 6) is 2.84. The standard InChI is InChI=1S/C24H35N5O3S/c1-18-9-11-28(12-10-18)23-25-26-24(29(23)16-21-8-5-13-32-21)33-17-22(30)27(2)15-19-6-4-7-20(14-19)31-3/h4,6-7,14,18,21H,5,8-13,15-17H2,1-3H3. The van der Waals surface area contributed by atoms with Crippen LogP contribution in [0.1, 0.15) is 38.2 Å². The van der Waals surface area contributed by atoms with Gasteiger partial charge in [-0.25, -0.2) is 0 Å². The third-order valence-electron chi connectivity index (χ3n) is 6.48. The molecule has 0 bridgehead atoms. The molecule has 2 aromatic rings. The van der Waals surface area contributed by atoms with E-state index < -0.39 is 0 Å². The molecule has 1 aromatic heterocycles. The first-order valence-electron chi connectivity index (χ1n) is 11.8. The van der Waals surface area contributed by atoms with Gasteiger partial charge in [0.1, 0.15) is 5.75 Å². The fourth-order valence-corrected chi connectivity index (χ4v) is 5.23. The summed E-state index contributed by atoms with van der Waals surface area (Å²) < 4.78 is 13.4. The van der Waals surface area contributed by atoms with Crippen molar-refractivity contribution < 1.29 is 14.3 Å². The van der Waals surface area contributed by atoms with Crippen LogP contribution in [0.3, 0.4) is 0 Å². The number of carbonyl (C=O) groups is 1. The number of carbonyl (C=O) groups excluding carboxylic acids is 1. The minimum absolute atomic E-state index is 0.0582. The number of thioether (sulfide) groups is 1. The molecule has 2 fully saturated rings. The first-order chi connectivity index (χ1) is 16.0. The van der Waals surface area contributed by atoms with Gasteiger partial charge in [0, 0.05) is 33.3 Å². The van der Waals surface area contributed by atoms with Gasteiger partial charge >= 0.3 is 0 Å². The molecule has 1 unspecified atom stereocenters. The van der Waals surface area contributed by atoms with Crippen molar-refractivity contribution in [2.75, 3.05) is 44.5 Å². The minimum Gasteiger partial charge on any atom is -0.497 e. The predicted molar refractivity (Wildman–Crippen MR) is 130 cm³/mol. The Hall–Kier alpha value is -2.26. The van der Waals surface area contributed by atoms with Gasteiger partial charge in [-0.15, -0.1) is 10.2 Å². The van der Waals surface area contributed by atoms with E-state index in [9.17, 15) is 4.79 Å². The molecule has 0 saturated carbocycles. The van der Waals surface area contributed by atoms with Crippen LogP contribution in [-0.4, -0.2) is 71.3 Å². The molecule has 0 radical (unpaired) electrons. The van der Waals surface area contributed by atoms with E-state index in [4.69, 9.17) is 9.47 Å². The molecule has 0 aliphatic carbocycles. The van der Waals surface area contributed by atoms with Crippen LogP contribution in [-0.2, 0) is 22.6 Å². The van der Waals surface area contributed by atoms with E-state index in [1.807, 2.05) is 31.3 Å². The summed E-state index contributed by atoms with van der Waals surface area (Å²) in [4.78, 5) is 16.9. The predicted octanol–water partition coefficient (Wildman–Crippen LogP) is 3.45. The number of hydrogen-bond donors (Lipinski definition) is 0. The number of methoxy groups -OCH3 is 1. The van der Waals surface area contributed by atoms with E-state index in [-0.39, 0.29) is 12.0 Å². The largest absolute Gasteiger partial charge is 0.497 e. The fourth-order valence-electron chi connectivity index (χ4n) is 4.35. The van der Waals surface area contributed by atoms with Crippen molar-refractivity contribution in [3.05, 3.63) is 29.8 Å². The van der Waals surface area contributed by atoms with Gasteiger partial charge in [0.25, 0.3) is 0 Å². The average Bonchev–Trinajstić information content (AvgIpc) is 3.48. The van der Waals surface area contributed by atoms with E-state index >= 15 is 0 Å². The molecule has 9 heteroatoms. The van der Waals surface area contributed by atoms with E-state index in [0.29, 0.717) is 12.3 Å². The molecular weight excluding hydrogens is 438 g/mol.